The highest BCUT2D eigenvalue weighted by Crippen LogP contribution is 2.48. The van der Waals surface area contributed by atoms with Crippen LogP contribution in [-0.2, 0) is 9.53 Å². The molecule has 1 aliphatic carbocycles. The summed E-state index contributed by atoms with van der Waals surface area (Å²) >= 11 is 0. The van der Waals surface area contributed by atoms with Crippen LogP contribution in [0, 0.1) is 5.92 Å². The first-order valence-corrected chi connectivity index (χ1v) is 5.18. The fraction of sp³-hybridized carbons (Fsp3) is 0.417. The highest BCUT2D eigenvalue weighted by atomic mass is 16.5. The quantitative estimate of drug-likeness (QED) is 0.770. The van der Waals surface area contributed by atoms with Crippen LogP contribution in [0.1, 0.15) is 24.8 Å². The van der Waals surface area contributed by atoms with Gasteiger partial charge in [0.15, 0.2) is 0 Å². The fourth-order valence-corrected chi connectivity index (χ4v) is 1.83. The Hall–Kier alpha value is -1.51. The SMILES string of the molecule is CCOC(=O)C1CC1c1cccc(O)c1. The van der Waals surface area contributed by atoms with Gasteiger partial charge >= 0.3 is 5.97 Å². The van der Waals surface area contributed by atoms with E-state index in [2.05, 4.69) is 0 Å². The number of carbonyl (C=O) groups is 1. The Labute approximate surface area is 88.7 Å². The van der Waals surface area contributed by atoms with Crippen LogP contribution >= 0.6 is 0 Å². The van der Waals surface area contributed by atoms with E-state index in [1.54, 1.807) is 18.2 Å². The number of esters is 1. The van der Waals surface area contributed by atoms with Crippen LogP contribution in [0.3, 0.4) is 0 Å². The number of phenols is 1. The number of phenolic OH excluding ortho intramolecular Hbond substituents is 1. The lowest BCUT2D eigenvalue weighted by molar-refractivity contribution is -0.144. The molecule has 0 saturated heterocycles. The summed E-state index contributed by atoms with van der Waals surface area (Å²) in [5.74, 6) is 0.357. The summed E-state index contributed by atoms with van der Waals surface area (Å²) in [7, 11) is 0. The van der Waals surface area contributed by atoms with E-state index in [-0.39, 0.29) is 23.6 Å². The largest absolute Gasteiger partial charge is 0.508 e. The second-order valence-corrected chi connectivity index (χ2v) is 3.80. The summed E-state index contributed by atoms with van der Waals surface area (Å²) in [5, 5.41) is 9.30. The molecule has 0 radical (unpaired) electrons. The van der Waals surface area contributed by atoms with Crippen molar-refractivity contribution < 1.29 is 14.6 Å². The minimum Gasteiger partial charge on any atom is -0.508 e. The zero-order chi connectivity index (χ0) is 10.8. The fourth-order valence-electron chi connectivity index (χ4n) is 1.83. The van der Waals surface area contributed by atoms with Crippen molar-refractivity contribution in [3.05, 3.63) is 29.8 Å². The molecule has 2 unspecified atom stereocenters. The molecule has 80 valence electrons. The van der Waals surface area contributed by atoms with E-state index in [0.29, 0.717) is 6.61 Å². The minimum absolute atomic E-state index is 0.00764. The maximum Gasteiger partial charge on any atom is 0.309 e. The number of aromatic hydroxyl groups is 1. The van der Waals surface area contributed by atoms with Crippen LogP contribution < -0.4 is 0 Å². The molecule has 1 fully saturated rings. The highest BCUT2D eigenvalue weighted by molar-refractivity contribution is 5.77. The van der Waals surface area contributed by atoms with Gasteiger partial charge in [-0.15, -0.1) is 0 Å². The van der Waals surface area contributed by atoms with E-state index >= 15 is 0 Å². The molecule has 0 spiro atoms. The molecular formula is C12H14O3. The Morgan fingerprint density at radius 3 is 3.07 bits per heavy atom. The smallest absolute Gasteiger partial charge is 0.309 e. The summed E-state index contributed by atoms with van der Waals surface area (Å²) < 4.78 is 4.95. The van der Waals surface area contributed by atoms with Crippen molar-refractivity contribution in [2.45, 2.75) is 19.3 Å². The van der Waals surface area contributed by atoms with Gasteiger partial charge in [0, 0.05) is 0 Å². The summed E-state index contributed by atoms with van der Waals surface area (Å²) in [6.45, 7) is 2.24. The standard InChI is InChI=1S/C12H14O3/c1-2-15-12(14)11-7-10(11)8-4-3-5-9(13)6-8/h3-6,10-11,13H,2,7H2,1H3. The molecule has 1 aliphatic rings. The molecule has 2 rings (SSSR count). The second-order valence-electron chi connectivity index (χ2n) is 3.80. The maximum absolute atomic E-state index is 11.4. The lowest BCUT2D eigenvalue weighted by Gasteiger charge is -2.01. The van der Waals surface area contributed by atoms with Gasteiger partial charge in [0.1, 0.15) is 5.75 Å². The number of hydrogen-bond donors (Lipinski definition) is 1. The average molecular weight is 206 g/mol. The van der Waals surface area contributed by atoms with Gasteiger partial charge in [-0.05, 0) is 37.0 Å². The molecule has 1 aromatic rings. The van der Waals surface area contributed by atoms with E-state index in [1.807, 2.05) is 13.0 Å². The lowest BCUT2D eigenvalue weighted by Crippen LogP contribution is -2.07. The van der Waals surface area contributed by atoms with Gasteiger partial charge < -0.3 is 9.84 Å². The molecule has 1 N–H and O–H groups in total. The number of carbonyl (C=O) groups excluding carboxylic acids is 1. The van der Waals surface area contributed by atoms with E-state index in [1.165, 1.54) is 0 Å². The van der Waals surface area contributed by atoms with E-state index in [4.69, 9.17) is 4.74 Å². The van der Waals surface area contributed by atoms with Crippen LogP contribution in [0.4, 0.5) is 0 Å². The van der Waals surface area contributed by atoms with Crippen LogP contribution in [0.25, 0.3) is 0 Å². The van der Waals surface area contributed by atoms with E-state index in [9.17, 15) is 9.90 Å². The van der Waals surface area contributed by atoms with Crippen molar-refractivity contribution >= 4 is 5.97 Å². The van der Waals surface area contributed by atoms with Crippen molar-refractivity contribution in [2.75, 3.05) is 6.61 Å². The zero-order valence-electron chi connectivity index (χ0n) is 8.64. The van der Waals surface area contributed by atoms with Crippen molar-refractivity contribution in [2.24, 2.45) is 5.92 Å². The molecule has 0 heterocycles. The molecule has 0 aliphatic heterocycles. The Balaban J connectivity index is 2.01. The Morgan fingerprint density at radius 2 is 2.40 bits per heavy atom. The third kappa shape index (κ3) is 2.12. The summed E-state index contributed by atoms with van der Waals surface area (Å²) in [6, 6.07) is 7.07. The number of benzene rings is 1. The molecule has 1 aromatic carbocycles. The molecule has 3 nitrogen and oxygen atoms in total. The second kappa shape index (κ2) is 3.93. The molecular weight excluding hydrogens is 192 g/mol. The number of ether oxygens (including phenoxy) is 1. The third-order valence-corrected chi connectivity index (χ3v) is 2.68. The van der Waals surface area contributed by atoms with E-state index < -0.39 is 0 Å². The van der Waals surface area contributed by atoms with Gasteiger partial charge in [-0.1, -0.05) is 12.1 Å². The molecule has 3 heteroatoms. The predicted octanol–water partition coefficient (Wildman–Crippen LogP) is 2.06. The van der Waals surface area contributed by atoms with Gasteiger partial charge in [0.25, 0.3) is 0 Å². The molecule has 0 amide bonds. The van der Waals surface area contributed by atoms with Gasteiger partial charge in [0.2, 0.25) is 0 Å². The Bertz CT molecular complexity index is 373. The number of rotatable bonds is 3. The first-order valence-electron chi connectivity index (χ1n) is 5.18. The summed E-state index contributed by atoms with van der Waals surface area (Å²) in [6.07, 6.45) is 0.836. The van der Waals surface area contributed by atoms with Crippen LogP contribution in [-0.4, -0.2) is 17.7 Å². The molecule has 15 heavy (non-hydrogen) atoms. The topological polar surface area (TPSA) is 46.5 Å². The molecule has 1 saturated carbocycles. The molecule has 0 aromatic heterocycles. The van der Waals surface area contributed by atoms with Crippen LogP contribution in [0.15, 0.2) is 24.3 Å². The van der Waals surface area contributed by atoms with Gasteiger partial charge in [-0.2, -0.15) is 0 Å². The normalized spacial score (nSPS) is 23.5. The Morgan fingerprint density at radius 1 is 1.60 bits per heavy atom. The zero-order valence-corrected chi connectivity index (χ0v) is 8.64. The first-order chi connectivity index (χ1) is 7.22. The monoisotopic (exact) mass is 206 g/mol. The van der Waals surface area contributed by atoms with E-state index in [0.717, 1.165) is 12.0 Å². The third-order valence-electron chi connectivity index (χ3n) is 2.68. The number of hydrogen-bond acceptors (Lipinski definition) is 3. The maximum atomic E-state index is 11.4. The van der Waals surface area contributed by atoms with Gasteiger partial charge in [-0.3, -0.25) is 4.79 Å². The summed E-state index contributed by atoms with van der Waals surface area (Å²) in [5.41, 5.74) is 1.02. The van der Waals surface area contributed by atoms with Gasteiger partial charge in [0.05, 0.1) is 12.5 Å². The average Bonchev–Trinajstić information content (AvgIpc) is 2.97. The predicted molar refractivity (Wildman–Crippen MR) is 55.6 cm³/mol. The molecule has 2 atom stereocenters. The van der Waals surface area contributed by atoms with Gasteiger partial charge in [-0.25, -0.2) is 0 Å². The highest BCUT2D eigenvalue weighted by Gasteiger charge is 2.45. The van der Waals surface area contributed by atoms with Crippen molar-refractivity contribution in [1.29, 1.82) is 0 Å². The minimum atomic E-state index is -0.120. The van der Waals surface area contributed by atoms with Crippen molar-refractivity contribution in [3.63, 3.8) is 0 Å². The van der Waals surface area contributed by atoms with Crippen LogP contribution in [0.5, 0.6) is 5.75 Å². The van der Waals surface area contributed by atoms with Crippen LogP contribution in [0.2, 0.25) is 0 Å². The molecule has 0 bridgehead atoms. The van der Waals surface area contributed by atoms with Crippen molar-refractivity contribution in [1.82, 2.24) is 0 Å². The van der Waals surface area contributed by atoms with Crippen molar-refractivity contribution in [3.8, 4) is 5.75 Å². The summed E-state index contributed by atoms with van der Waals surface area (Å²) in [4.78, 5) is 11.4. The lowest BCUT2D eigenvalue weighted by atomic mass is 10.1. The Kier molecular flexibility index (Phi) is 2.62. The first kappa shape index (κ1) is 10.0.